The van der Waals surface area contributed by atoms with Gasteiger partial charge in [-0.2, -0.15) is 0 Å². The number of rotatable bonds is 3. The molecule has 1 atom stereocenters. The molecular formula is C15H29N3O. The topological polar surface area (TPSA) is 49.6 Å². The second-order valence-electron chi connectivity index (χ2n) is 6.25. The highest BCUT2D eigenvalue weighted by molar-refractivity contribution is 5.75. The maximum absolute atomic E-state index is 12.7. The van der Waals surface area contributed by atoms with Gasteiger partial charge >= 0.3 is 6.03 Å². The van der Waals surface area contributed by atoms with Gasteiger partial charge in [0.1, 0.15) is 0 Å². The Morgan fingerprint density at radius 2 is 1.95 bits per heavy atom. The van der Waals surface area contributed by atoms with Gasteiger partial charge in [0, 0.05) is 32.2 Å². The Bertz CT molecular complexity index is 289. The van der Waals surface area contributed by atoms with Gasteiger partial charge in [-0.3, -0.25) is 0 Å². The molecule has 1 aliphatic carbocycles. The molecule has 0 spiro atoms. The smallest absolute Gasteiger partial charge is 0.320 e. The van der Waals surface area contributed by atoms with Crippen LogP contribution in [0.3, 0.4) is 0 Å². The summed E-state index contributed by atoms with van der Waals surface area (Å²) in [5.41, 5.74) is 5.72. The van der Waals surface area contributed by atoms with E-state index in [4.69, 9.17) is 5.73 Å². The van der Waals surface area contributed by atoms with Crippen molar-refractivity contribution in [1.82, 2.24) is 9.80 Å². The first kappa shape index (κ1) is 14.6. The number of nitrogens with zero attached hydrogens (tertiary/aromatic N) is 2. The van der Waals surface area contributed by atoms with Gasteiger partial charge in [-0.15, -0.1) is 0 Å². The van der Waals surface area contributed by atoms with E-state index in [0.29, 0.717) is 25.0 Å². The van der Waals surface area contributed by atoms with Crippen molar-refractivity contribution in [3.63, 3.8) is 0 Å². The van der Waals surface area contributed by atoms with Crippen molar-refractivity contribution in [1.29, 1.82) is 0 Å². The molecule has 1 saturated heterocycles. The second kappa shape index (κ2) is 7.13. The Morgan fingerprint density at radius 3 is 2.58 bits per heavy atom. The molecule has 0 aromatic heterocycles. The van der Waals surface area contributed by atoms with Gasteiger partial charge in [-0.25, -0.2) is 4.79 Å². The highest BCUT2D eigenvalue weighted by atomic mass is 16.2. The van der Waals surface area contributed by atoms with Gasteiger partial charge in [0.05, 0.1) is 0 Å². The van der Waals surface area contributed by atoms with E-state index in [0.717, 1.165) is 32.4 Å². The molecule has 0 bridgehead atoms. The minimum absolute atomic E-state index is 0.240. The number of amides is 2. The largest absolute Gasteiger partial charge is 0.329 e. The number of hydrogen-bond acceptors (Lipinski definition) is 2. The van der Waals surface area contributed by atoms with Crippen LogP contribution in [-0.4, -0.2) is 48.1 Å². The van der Waals surface area contributed by atoms with E-state index >= 15 is 0 Å². The summed E-state index contributed by atoms with van der Waals surface area (Å²) in [6.45, 7) is 5.39. The molecule has 2 N–H and O–H groups in total. The average molecular weight is 267 g/mol. The predicted octanol–water partition coefficient (Wildman–Crippen LogP) is 2.43. The monoisotopic (exact) mass is 267 g/mol. The second-order valence-corrected chi connectivity index (χ2v) is 6.25. The number of urea groups is 1. The molecule has 19 heavy (non-hydrogen) atoms. The predicted molar refractivity (Wildman–Crippen MR) is 78.0 cm³/mol. The maximum Gasteiger partial charge on any atom is 0.320 e. The van der Waals surface area contributed by atoms with Crippen LogP contribution in [0.1, 0.15) is 51.9 Å². The van der Waals surface area contributed by atoms with Crippen molar-refractivity contribution >= 4 is 6.03 Å². The van der Waals surface area contributed by atoms with E-state index in [1.807, 2.05) is 0 Å². The van der Waals surface area contributed by atoms with E-state index in [-0.39, 0.29) is 6.03 Å². The van der Waals surface area contributed by atoms with E-state index in [9.17, 15) is 4.79 Å². The highest BCUT2D eigenvalue weighted by Crippen LogP contribution is 2.25. The van der Waals surface area contributed by atoms with Crippen LogP contribution in [0.25, 0.3) is 0 Å². The third kappa shape index (κ3) is 3.85. The molecule has 2 fully saturated rings. The molecule has 1 saturated carbocycles. The van der Waals surface area contributed by atoms with Gasteiger partial charge in [-0.1, -0.05) is 26.2 Å². The molecule has 2 aliphatic rings. The molecule has 1 unspecified atom stereocenters. The molecule has 1 heterocycles. The lowest BCUT2D eigenvalue weighted by molar-refractivity contribution is 0.105. The minimum Gasteiger partial charge on any atom is -0.329 e. The van der Waals surface area contributed by atoms with Crippen molar-refractivity contribution in [3.8, 4) is 0 Å². The molecule has 2 rings (SSSR count). The highest BCUT2D eigenvalue weighted by Gasteiger charge is 2.30. The van der Waals surface area contributed by atoms with Crippen LogP contribution in [0.2, 0.25) is 0 Å². The summed E-state index contributed by atoms with van der Waals surface area (Å²) in [5, 5.41) is 0. The first-order chi connectivity index (χ1) is 9.22. The Labute approximate surface area is 117 Å². The summed E-state index contributed by atoms with van der Waals surface area (Å²) in [7, 11) is 0. The Kier molecular flexibility index (Phi) is 5.49. The third-order valence-corrected chi connectivity index (χ3v) is 4.56. The van der Waals surface area contributed by atoms with Crippen LogP contribution in [-0.2, 0) is 0 Å². The lowest BCUT2D eigenvalue weighted by Gasteiger charge is -2.40. The summed E-state index contributed by atoms with van der Waals surface area (Å²) in [5.74, 6) is 0.642. The number of piperidine rings is 1. The fraction of sp³-hybridized carbons (Fsp3) is 0.933. The number of nitrogens with two attached hydrogens (primary N) is 1. The van der Waals surface area contributed by atoms with Crippen molar-refractivity contribution in [2.24, 2.45) is 11.7 Å². The summed E-state index contributed by atoms with van der Waals surface area (Å²) in [6, 6.07) is 0.672. The van der Waals surface area contributed by atoms with Crippen LogP contribution < -0.4 is 5.73 Å². The number of carbonyl (C=O) groups is 1. The van der Waals surface area contributed by atoms with Crippen molar-refractivity contribution in [2.45, 2.75) is 57.9 Å². The molecule has 110 valence electrons. The van der Waals surface area contributed by atoms with Crippen LogP contribution in [0.4, 0.5) is 4.79 Å². The fourth-order valence-corrected chi connectivity index (χ4v) is 3.51. The van der Waals surface area contributed by atoms with Crippen LogP contribution in [0, 0.1) is 5.92 Å². The first-order valence-electron chi connectivity index (χ1n) is 7.98. The maximum atomic E-state index is 12.7. The van der Waals surface area contributed by atoms with Gasteiger partial charge < -0.3 is 15.5 Å². The number of likely N-dealkylation sites (tertiary alicyclic amines) is 1. The van der Waals surface area contributed by atoms with E-state index in [2.05, 4.69) is 16.7 Å². The molecular weight excluding hydrogens is 238 g/mol. The zero-order chi connectivity index (χ0) is 13.7. The number of carbonyl (C=O) groups excluding carboxylic acids is 1. The van der Waals surface area contributed by atoms with Gasteiger partial charge in [-0.05, 0) is 31.6 Å². The molecule has 0 aromatic rings. The van der Waals surface area contributed by atoms with Crippen molar-refractivity contribution in [3.05, 3.63) is 0 Å². The van der Waals surface area contributed by atoms with E-state index in [1.54, 1.807) is 0 Å². The van der Waals surface area contributed by atoms with E-state index < -0.39 is 0 Å². The molecule has 1 aliphatic heterocycles. The van der Waals surface area contributed by atoms with Crippen molar-refractivity contribution < 1.29 is 4.79 Å². The van der Waals surface area contributed by atoms with Crippen LogP contribution in [0.15, 0.2) is 0 Å². The van der Waals surface area contributed by atoms with Gasteiger partial charge in [0.2, 0.25) is 0 Å². The molecule has 4 heteroatoms. The molecule has 2 amide bonds. The van der Waals surface area contributed by atoms with Crippen molar-refractivity contribution in [2.75, 3.05) is 26.2 Å². The zero-order valence-electron chi connectivity index (χ0n) is 12.3. The third-order valence-electron chi connectivity index (χ3n) is 4.56. The molecule has 4 nitrogen and oxygen atoms in total. The fourth-order valence-electron chi connectivity index (χ4n) is 3.51. The van der Waals surface area contributed by atoms with Gasteiger partial charge in [0.25, 0.3) is 0 Å². The quantitative estimate of drug-likeness (QED) is 0.854. The SMILES string of the molecule is CC1CCCN(C(=O)N(CCN)C2CCCCC2)C1. The average Bonchev–Trinajstić information content (AvgIpc) is 2.45. The van der Waals surface area contributed by atoms with Crippen LogP contribution in [0.5, 0.6) is 0 Å². The normalized spacial score (nSPS) is 25.4. The van der Waals surface area contributed by atoms with Crippen LogP contribution >= 0.6 is 0 Å². The van der Waals surface area contributed by atoms with Gasteiger partial charge in [0.15, 0.2) is 0 Å². The Morgan fingerprint density at radius 1 is 1.21 bits per heavy atom. The summed E-state index contributed by atoms with van der Waals surface area (Å²) in [6.07, 6.45) is 8.56. The first-order valence-corrected chi connectivity index (χ1v) is 7.98. The molecule has 0 aromatic carbocycles. The Balaban J connectivity index is 1.98. The summed E-state index contributed by atoms with van der Waals surface area (Å²) < 4.78 is 0. The molecule has 0 radical (unpaired) electrons. The lowest BCUT2D eigenvalue weighted by Crippen LogP contribution is -2.52. The summed E-state index contributed by atoms with van der Waals surface area (Å²) in [4.78, 5) is 16.8. The number of hydrogen-bond donors (Lipinski definition) is 1. The zero-order valence-corrected chi connectivity index (χ0v) is 12.3. The summed E-state index contributed by atoms with van der Waals surface area (Å²) >= 11 is 0. The van der Waals surface area contributed by atoms with E-state index in [1.165, 1.54) is 25.7 Å². The standard InChI is InChI=1S/C15H29N3O/c1-13-6-5-10-17(12-13)15(19)18(11-9-16)14-7-3-2-4-8-14/h13-14H,2-12,16H2,1H3. The minimum atomic E-state index is 0.240. The Hall–Kier alpha value is -0.770. The lowest BCUT2D eigenvalue weighted by atomic mass is 9.94.